The molecule has 0 N–H and O–H groups in total. The molecule has 0 spiro atoms. The van der Waals surface area contributed by atoms with Crippen molar-refractivity contribution < 1.29 is 13.4 Å². The largest absolute Gasteiger partial charge is 0.454 e. The third-order valence-corrected chi connectivity index (χ3v) is 8.11. The molecule has 0 unspecified atom stereocenters. The van der Waals surface area contributed by atoms with Crippen LogP contribution in [0.5, 0.6) is 0 Å². The summed E-state index contributed by atoms with van der Waals surface area (Å²) in [4.78, 5) is 0. The molecule has 5 aromatic carbocycles. The number of nitrogens with zero attached hydrogens (tertiary/aromatic N) is 1. The van der Waals surface area contributed by atoms with Crippen LogP contribution in [-0.2, 0) is 7.05 Å². The Kier molecular flexibility index (Phi) is 5.31. The van der Waals surface area contributed by atoms with Gasteiger partial charge in [-0.3, -0.25) is 0 Å². The summed E-state index contributed by atoms with van der Waals surface area (Å²) in [7, 11) is 2.11. The van der Waals surface area contributed by atoms with Gasteiger partial charge in [0.1, 0.15) is 24.0 Å². The SMILES string of the molecule is Cc1ccc2c(oc3c(-c4ccc5ccccc5c4)c(F)ccc32)c1-c1cc(C(C)C)c2ccccc2[n+]1C. The first-order valence-electron chi connectivity index (χ1n) is 13.5. The fraction of sp³-hybridized carbons (Fsp3) is 0.139. The topological polar surface area (TPSA) is 17.0 Å². The van der Waals surface area contributed by atoms with E-state index in [1.807, 2.05) is 36.4 Å². The number of benzene rings is 5. The molecule has 2 aromatic heterocycles. The van der Waals surface area contributed by atoms with Gasteiger partial charge in [0.15, 0.2) is 0 Å². The lowest BCUT2D eigenvalue weighted by atomic mass is 9.93. The summed E-state index contributed by atoms with van der Waals surface area (Å²) in [5, 5.41) is 5.37. The van der Waals surface area contributed by atoms with E-state index < -0.39 is 0 Å². The van der Waals surface area contributed by atoms with Crippen molar-refractivity contribution in [3.05, 3.63) is 114 Å². The van der Waals surface area contributed by atoms with E-state index in [4.69, 9.17) is 4.42 Å². The van der Waals surface area contributed by atoms with Gasteiger partial charge < -0.3 is 4.42 Å². The van der Waals surface area contributed by atoms with Gasteiger partial charge in [0, 0.05) is 28.3 Å². The molecule has 3 heteroatoms. The smallest absolute Gasteiger partial charge is 0.217 e. The van der Waals surface area contributed by atoms with Crippen LogP contribution in [0.25, 0.3) is 66.0 Å². The molecule has 0 fully saturated rings. The second kappa shape index (κ2) is 8.78. The van der Waals surface area contributed by atoms with Crippen molar-refractivity contribution in [2.45, 2.75) is 26.7 Å². The quantitative estimate of drug-likeness (QED) is 0.216. The zero-order valence-corrected chi connectivity index (χ0v) is 22.5. The van der Waals surface area contributed by atoms with E-state index in [0.717, 1.165) is 49.5 Å². The van der Waals surface area contributed by atoms with E-state index in [9.17, 15) is 0 Å². The van der Waals surface area contributed by atoms with Crippen molar-refractivity contribution >= 4 is 43.6 Å². The minimum absolute atomic E-state index is 0.284. The molecule has 0 saturated heterocycles. The molecule has 7 aromatic rings. The van der Waals surface area contributed by atoms with Gasteiger partial charge >= 0.3 is 0 Å². The summed E-state index contributed by atoms with van der Waals surface area (Å²) in [5.74, 6) is 0.0760. The van der Waals surface area contributed by atoms with Gasteiger partial charge in [-0.15, -0.1) is 0 Å². The number of fused-ring (bicyclic) bond motifs is 5. The van der Waals surface area contributed by atoms with Crippen LogP contribution in [0, 0.1) is 12.7 Å². The maximum atomic E-state index is 15.6. The Morgan fingerprint density at radius 1 is 0.692 bits per heavy atom. The highest BCUT2D eigenvalue weighted by molar-refractivity contribution is 6.13. The van der Waals surface area contributed by atoms with E-state index in [0.29, 0.717) is 17.1 Å². The van der Waals surface area contributed by atoms with Crippen molar-refractivity contribution in [2.75, 3.05) is 0 Å². The first-order chi connectivity index (χ1) is 18.9. The molecule has 0 aliphatic carbocycles. The predicted molar refractivity (Wildman–Crippen MR) is 160 cm³/mol. The van der Waals surface area contributed by atoms with Crippen LogP contribution in [0.4, 0.5) is 4.39 Å². The molecule has 0 aliphatic rings. The van der Waals surface area contributed by atoms with E-state index in [2.05, 4.69) is 87.0 Å². The zero-order valence-electron chi connectivity index (χ0n) is 22.5. The average Bonchev–Trinajstić information content (AvgIpc) is 3.31. The Bertz CT molecular complexity index is 2080. The first kappa shape index (κ1) is 23.6. The molecule has 2 heterocycles. The Balaban J connectivity index is 1.56. The van der Waals surface area contributed by atoms with Crippen LogP contribution in [0.3, 0.4) is 0 Å². The second-order valence-electron chi connectivity index (χ2n) is 10.8. The lowest BCUT2D eigenvalue weighted by Crippen LogP contribution is -2.33. The fourth-order valence-electron chi connectivity index (χ4n) is 6.09. The minimum Gasteiger partial charge on any atom is -0.454 e. The summed E-state index contributed by atoms with van der Waals surface area (Å²) in [6.45, 7) is 6.59. The number of aryl methyl sites for hydroxylation is 2. The van der Waals surface area contributed by atoms with Crippen molar-refractivity contribution in [3.8, 4) is 22.4 Å². The maximum Gasteiger partial charge on any atom is 0.217 e. The summed E-state index contributed by atoms with van der Waals surface area (Å²) < 4.78 is 24.5. The highest BCUT2D eigenvalue weighted by Gasteiger charge is 2.26. The highest BCUT2D eigenvalue weighted by Crippen LogP contribution is 2.42. The average molecular weight is 511 g/mol. The second-order valence-corrected chi connectivity index (χ2v) is 10.8. The molecule has 7 rings (SSSR count). The summed E-state index contributed by atoms with van der Waals surface area (Å²) in [5.41, 5.74) is 8.42. The summed E-state index contributed by atoms with van der Waals surface area (Å²) >= 11 is 0. The number of pyridine rings is 1. The third kappa shape index (κ3) is 3.57. The molecule has 0 radical (unpaired) electrons. The number of aromatic nitrogens is 1. The Hall–Kier alpha value is -4.50. The highest BCUT2D eigenvalue weighted by atomic mass is 19.1. The molecule has 0 atom stereocenters. The number of hydrogen-bond acceptors (Lipinski definition) is 1. The first-order valence-corrected chi connectivity index (χ1v) is 13.5. The van der Waals surface area contributed by atoms with Crippen LogP contribution >= 0.6 is 0 Å². The van der Waals surface area contributed by atoms with E-state index in [1.54, 1.807) is 6.07 Å². The van der Waals surface area contributed by atoms with Gasteiger partial charge in [0.25, 0.3) is 0 Å². The summed E-state index contributed by atoms with van der Waals surface area (Å²) in [6.07, 6.45) is 0. The Morgan fingerprint density at radius 2 is 1.38 bits per heavy atom. The lowest BCUT2D eigenvalue weighted by Gasteiger charge is -2.13. The van der Waals surface area contributed by atoms with Gasteiger partial charge in [-0.25, -0.2) is 4.39 Å². The van der Waals surface area contributed by atoms with Crippen molar-refractivity contribution in [3.63, 3.8) is 0 Å². The standard InChI is InChI=1S/C36H29FNO/c1-21(2)29-20-32(38(4)31-12-8-7-11-26(29)31)33-22(3)13-16-27-28-17-18-30(37)34(36(28)39-35(27)33)25-15-14-23-9-5-6-10-24(23)19-25/h5-21H,1-4H3/q+1. The monoisotopic (exact) mass is 510 g/mol. The molecule has 39 heavy (non-hydrogen) atoms. The van der Waals surface area contributed by atoms with E-state index >= 15 is 4.39 Å². The lowest BCUT2D eigenvalue weighted by molar-refractivity contribution is -0.633. The van der Waals surface area contributed by atoms with E-state index in [1.165, 1.54) is 16.5 Å². The van der Waals surface area contributed by atoms with Gasteiger partial charge in [-0.2, -0.15) is 4.57 Å². The molecule has 2 nitrogen and oxygen atoms in total. The van der Waals surface area contributed by atoms with Crippen LogP contribution in [0.15, 0.2) is 101 Å². The molecule has 190 valence electrons. The molecular formula is C36H29FNO+. The molecule has 0 saturated carbocycles. The Labute approximate surface area is 226 Å². The third-order valence-electron chi connectivity index (χ3n) is 8.11. The van der Waals surface area contributed by atoms with Gasteiger partial charge in [-0.05, 0) is 64.6 Å². The van der Waals surface area contributed by atoms with Gasteiger partial charge in [-0.1, -0.05) is 74.5 Å². The van der Waals surface area contributed by atoms with Crippen LogP contribution in [-0.4, -0.2) is 0 Å². The Morgan fingerprint density at radius 3 is 2.18 bits per heavy atom. The number of hydrogen-bond donors (Lipinski definition) is 0. The van der Waals surface area contributed by atoms with Crippen molar-refractivity contribution in [1.29, 1.82) is 0 Å². The van der Waals surface area contributed by atoms with Gasteiger partial charge in [0.05, 0.1) is 11.1 Å². The van der Waals surface area contributed by atoms with Crippen LogP contribution in [0.2, 0.25) is 0 Å². The zero-order chi connectivity index (χ0) is 26.8. The molecule has 0 amide bonds. The fourth-order valence-corrected chi connectivity index (χ4v) is 6.09. The summed E-state index contributed by atoms with van der Waals surface area (Å²) in [6, 6.07) is 32.7. The number of para-hydroxylation sites is 1. The number of furan rings is 1. The minimum atomic E-state index is -0.284. The normalized spacial score (nSPS) is 11.9. The molecule has 0 bridgehead atoms. The predicted octanol–water partition coefficient (Wildman–Crippen LogP) is 9.62. The van der Waals surface area contributed by atoms with Gasteiger partial charge in [0.2, 0.25) is 11.2 Å². The molecule has 0 aliphatic heterocycles. The maximum absolute atomic E-state index is 15.6. The van der Waals surface area contributed by atoms with Crippen molar-refractivity contribution in [2.24, 2.45) is 7.05 Å². The number of halogens is 1. The number of rotatable bonds is 3. The van der Waals surface area contributed by atoms with Crippen LogP contribution < -0.4 is 4.57 Å². The van der Waals surface area contributed by atoms with E-state index in [-0.39, 0.29) is 5.82 Å². The van der Waals surface area contributed by atoms with Crippen molar-refractivity contribution in [1.82, 2.24) is 0 Å². The van der Waals surface area contributed by atoms with Crippen LogP contribution in [0.1, 0.15) is 30.9 Å². The molecular weight excluding hydrogens is 481 g/mol.